The van der Waals surface area contributed by atoms with Crippen LogP contribution in [0, 0.1) is 0 Å². The lowest BCUT2D eigenvalue weighted by atomic mass is 9.67. The monoisotopic (exact) mass is 761 g/mol. The van der Waals surface area contributed by atoms with E-state index in [1.165, 1.54) is 68.9 Å². The Bertz CT molecular complexity index is 3160. The van der Waals surface area contributed by atoms with Crippen LogP contribution in [0.2, 0.25) is 0 Å². The SMILES string of the molecule is c1ccc(-c2ccc(-c3nc(-c4ccccc4)nc(-c4cccc5sc6ccc7c(c6c45)Sc4ccccc4C74c5ccccc5-c5ccccc54)n3)cc2)cc1. The van der Waals surface area contributed by atoms with Crippen molar-refractivity contribution in [2.24, 2.45) is 0 Å². The van der Waals surface area contributed by atoms with E-state index in [0.717, 1.165) is 22.3 Å². The summed E-state index contributed by atoms with van der Waals surface area (Å²) in [5.74, 6) is 1.97. The molecular weight excluding hydrogens is 731 g/mol. The lowest BCUT2D eigenvalue weighted by molar-refractivity contribution is 0.726. The molecule has 0 amide bonds. The van der Waals surface area contributed by atoms with E-state index in [1.807, 2.05) is 47.4 Å². The number of fused-ring (bicyclic) bond motifs is 13. The molecule has 0 radical (unpaired) electrons. The fourth-order valence-corrected chi connectivity index (χ4v) is 11.7. The summed E-state index contributed by atoms with van der Waals surface area (Å²) in [4.78, 5) is 18.2. The molecular formula is C52H31N3S2. The maximum Gasteiger partial charge on any atom is 0.164 e. The Kier molecular flexibility index (Phi) is 7.25. The molecule has 5 heteroatoms. The molecule has 0 saturated heterocycles. The van der Waals surface area contributed by atoms with Gasteiger partial charge in [0, 0.05) is 46.7 Å². The van der Waals surface area contributed by atoms with Crippen LogP contribution in [0.4, 0.5) is 0 Å². The maximum absolute atomic E-state index is 5.29. The van der Waals surface area contributed by atoms with Crippen LogP contribution in [0.1, 0.15) is 22.3 Å². The van der Waals surface area contributed by atoms with Gasteiger partial charge < -0.3 is 0 Å². The van der Waals surface area contributed by atoms with E-state index < -0.39 is 5.41 Å². The van der Waals surface area contributed by atoms with E-state index in [4.69, 9.17) is 15.0 Å². The summed E-state index contributed by atoms with van der Waals surface area (Å²) in [6.07, 6.45) is 0. The molecule has 1 aliphatic carbocycles. The van der Waals surface area contributed by atoms with Crippen LogP contribution in [-0.4, -0.2) is 15.0 Å². The third kappa shape index (κ3) is 4.83. The Morgan fingerprint density at radius 3 is 1.54 bits per heavy atom. The van der Waals surface area contributed by atoms with Crippen molar-refractivity contribution < 1.29 is 0 Å². The van der Waals surface area contributed by atoms with E-state index in [1.54, 1.807) is 0 Å². The largest absolute Gasteiger partial charge is 0.208 e. The summed E-state index contributed by atoms with van der Waals surface area (Å²) in [5.41, 5.74) is 12.7. The van der Waals surface area contributed by atoms with Gasteiger partial charge in [-0.25, -0.2) is 15.0 Å². The summed E-state index contributed by atoms with van der Waals surface area (Å²) in [6.45, 7) is 0. The van der Waals surface area contributed by atoms with Crippen LogP contribution in [-0.2, 0) is 5.41 Å². The highest BCUT2D eigenvalue weighted by Gasteiger charge is 2.50. The van der Waals surface area contributed by atoms with Gasteiger partial charge >= 0.3 is 0 Å². The Hall–Kier alpha value is -6.66. The first-order valence-corrected chi connectivity index (χ1v) is 20.8. The Morgan fingerprint density at radius 2 is 0.842 bits per heavy atom. The van der Waals surface area contributed by atoms with Gasteiger partial charge in [-0.1, -0.05) is 182 Å². The number of hydrogen-bond acceptors (Lipinski definition) is 5. The quantitative estimate of drug-likeness (QED) is 0.179. The van der Waals surface area contributed by atoms with E-state index >= 15 is 0 Å². The summed E-state index contributed by atoms with van der Waals surface area (Å²) in [7, 11) is 0. The highest BCUT2D eigenvalue weighted by atomic mass is 32.2. The Balaban J connectivity index is 1.12. The zero-order valence-electron chi connectivity index (χ0n) is 30.6. The first kappa shape index (κ1) is 32.6. The smallest absolute Gasteiger partial charge is 0.164 e. The van der Waals surface area contributed by atoms with Crippen LogP contribution >= 0.6 is 23.1 Å². The van der Waals surface area contributed by atoms with E-state index in [0.29, 0.717) is 17.5 Å². The highest BCUT2D eigenvalue weighted by molar-refractivity contribution is 7.99. The normalized spacial score (nSPS) is 13.3. The molecule has 1 aliphatic heterocycles. The Morgan fingerprint density at radius 1 is 0.333 bits per heavy atom. The van der Waals surface area contributed by atoms with Crippen molar-refractivity contribution in [1.82, 2.24) is 15.0 Å². The van der Waals surface area contributed by atoms with Crippen molar-refractivity contribution in [3.05, 3.63) is 210 Å². The number of benzene rings is 8. The van der Waals surface area contributed by atoms with Crippen molar-refractivity contribution >= 4 is 43.3 Å². The molecule has 0 atom stereocenters. The first-order valence-electron chi connectivity index (χ1n) is 19.2. The molecule has 2 aromatic heterocycles. The molecule has 2 aliphatic rings. The molecule has 1 spiro atoms. The van der Waals surface area contributed by atoms with Crippen molar-refractivity contribution in [2.45, 2.75) is 15.2 Å². The minimum atomic E-state index is -0.450. The van der Waals surface area contributed by atoms with Crippen molar-refractivity contribution in [2.75, 3.05) is 0 Å². The number of rotatable bonds is 4. The summed E-state index contributed by atoms with van der Waals surface area (Å²) in [6, 6.07) is 67.6. The molecule has 3 heterocycles. The standard InChI is InChI=1S/C52H31N3S2/c1-3-14-32(15-4-1)33-26-28-35(29-27-33)50-53-49(34-16-5-2-6-17-34)54-51(55-50)38-20-13-25-44-46(38)47-45(56-44)31-30-42-48(47)57-43-24-12-11-23-41(43)52(42)39-21-9-7-18-36(39)37-19-8-10-22-40(37)52/h1-31H. The van der Waals surface area contributed by atoms with E-state index in [-0.39, 0.29) is 0 Å². The number of thiophene rings is 1. The molecule has 57 heavy (non-hydrogen) atoms. The van der Waals surface area contributed by atoms with E-state index in [9.17, 15) is 0 Å². The van der Waals surface area contributed by atoms with Crippen molar-refractivity contribution in [3.63, 3.8) is 0 Å². The van der Waals surface area contributed by atoms with Gasteiger partial charge in [0.15, 0.2) is 17.5 Å². The predicted octanol–water partition coefficient (Wildman–Crippen LogP) is 13.7. The second-order valence-electron chi connectivity index (χ2n) is 14.7. The predicted molar refractivity (Wildman–Crippen MR) is 236 cm³/mol. The zero-order valence-corrected chi connectivity index (χ0v) is 32.2. The number of hydrogen-bond donors (Lipinski definition) is 0. The van der Waals surface area contributed by atoms with Gasteiger partial charge in [0.25, 0.3) is 0 Å². The molecule has 266 valence electrons. The molecule has 0 N–H and O–H groups in total. The Labute approximate surface area is 338 Å². The van der Waals surface area contributed by atoms with Gasteiger partial charge in [0.05, 0.1) is 5.41 Å². The number of nitrogens with zero attached hydrogens (tertiary/aromatic N) is 3. The fraction of sp³-hybridized carbons (Fsp3) is 0.0192. The third-order valence-electron chi connectivity index (χ3n) is 11.6. The van der Waals surface area contributed by atoms with E-state index in [2.05, 4.69) is 164 Å². The minimum Gasteiger partial charge on any atom is -0.208 e. The van der Waals surface area contributed by atoms with Gasteiger partial charge in [-0.2, -0.15) is 0 Å². The fourth-order valence-electron chi connectivity index (χ4n) is 9.19. The zero-order chi connectivity index (χ0) is 37.5. The molecule has 0 saturated carbocycles. The van der Waals surface area contributed by atoms with Crippen molar-refractivity contribution in [3.8, 4) is 56.4 Å². The van der Waals surface area contributed by atoms with Crippen LogP contribution in [0.5, 0.6) is 0 Å². The molecule has 0 bridgehead atoms. The molecule has 0 unspecified atom stereocenters. The third-order valence-corrected chi connectivity index (χ3v) is 14.0. The van der Waals surface area contributed by atoms with Crippen LogP contribution in [0.3, 0.4) is 0 Å². The van der Waals surface area contributed by atoms with Gasteiger partial charge in [0.2, 0.25) is 0 Å². The van der Waals surface area contributed by atoms with Crippen LogP contribution in [0.25, 0.3) is 76.6 Å². The van der Waals surface area contributed by atoms with Crippen LogP contribution in [0.15, 0.2) is 198 Å². The molecule has 12 rings (SSSR count). The number of aromatic nitrogens is 3. The van der Waals surface area contributed by atoms with Gasteiger partial charge in [0.1, 0.15) is 0 Å². The molecule has 8 aromatic carbocycles. The lowest BCUT2D eigenvalue weighted by Gasteiger charge is -2.40. The second kappa shape index (κ2) is 12.7. The molecule has 3 nitrogen and oxygen atoms in total. The average Bonchev–Trinajstić information content (AvgIpc) is 3.82. The summed E-state index contributed by atoms with van der Waals surface area (Å²) in [5, 5.41) is 2.45. The van der Waals surface area contributed by atoms with Gasteiger partial charge in [-0.3, -0.25) is 0 Å². The second-order valence-corrected chi connectivity index (χ2v) is 16.8. The summed E-state index contributed by atoms with van der Waals surface area (Å²) >= 11 is 3.74. The first-order chi connectivity index (χ1) is 28.3. The molecule has 10 aromatic rings. The van der Waals surface area contributed by atoms with Gasteiger partial charge in [-0.15, -0.1) is 11.3 Å². The lowest BCUT2D eigenvalue weighted by Crippen LogP contribution is -2.31. The highest BCUT2D eigenvalue weighted by Crippen LogP contribution is 2.63. The van der Waals surface area contributed by atoms with Gasteiger partial charge in [-0.05, 0) is 62.7 Å². The summed E-state index contributed by atoms with van der Waals surface area (Å²) < 4.78 is 2.47. The minimum absolute atomic E-state index is 0.450. The average molecular weight is 762 g/mol. The van der Waals surface area contributed by atoms with Crippen LogP contribution < -0.4 is 0 Å². The molecule has 0 fully saturated rings. The topological polar surface area (TPSA) is 38.7 Å². The van der Waals surface area contributed by atoms with Crippen molar-refractivity contribution in [1.29, 1.82) is 0 Å². The maximum atomic E-state index is 5.29.